The topological polar surface area (TPSA) is 90.0 Å². The summed E-state index contributed by atoms with van der Waals surface area (Å²) >= 11 is 0. The molecule has 0 aliphatic carbocycles. The summed E-state index contributed by atoms with van der Waals surface area (Å²) in [7, 11) is 0. The van der Waals surface area contributed by atoms with Crippen LogP contribution in [0.1, 0.15) is 13.3 Å². The SMILES string of the molecule is CC(=O)N1CCN(C(=O)C(=O)NCCCO)CC1. The first-order chi connectivity index (χ1) is 8.56. The Bertz CT molecular complexity index is 324. The number of amides is 3. The number of carbonyl (C=O) groups excluding carboxylic acids is 3. The van der Waals surface area contributed by atoms with Gasteiger partial charge in [0.15, 0.2) is 0 Å². The molecule has 7 nitrogen and oxygen atoms in total. The van der Waals surface area contributed by atoms with Crippen molar-refractivity contribution in [2.75, 3.05) is 39.3 Å². The Labute approximate surface area is 106 Å². The van der Waals surface area contributed by atoms with Gasteiger partial charge in [-0.25, -0.2) is 0 Å². The van der Waals surface area contributed by atoms with E-state index in [1.165, 1.54) is 11.8 Å². The van der Waals surface area contributed by atoms with Crippen molar-refractivity contribution in [3.05, 3.63) is 0 Å². The van der Waals surface area contributed by atoms with E-state index in [1.54, 1.807) is 4.90 Å². The zero-order valence-electron chi connectivity index (χ0n) is 10.5. The highest BCUT2D eigenvalue weighted by Gasteiger charge is 2.26. The molecule has 1 aliphatic heterocycles. The lowest BCUT2D eigenvalue weighted by Crippen LogP contribution is -2.53. The van der Waals surface area contributed by atoms with Crippen molar-refractivity contribution in [3.63, 3.8) is 0 Å². The summed E-state index contributed by atoms with van der Waals surface area (Å²) in [6.45, 7) is 3.44. The van der Waals surface area contributed by atoms with E-state index < -0.39 is 11.8 Å². The number of aliphatic hydroxyl groups excluding tert-OH is 1. The smallest absolute Gasteiger partial charge is 0.312 e. The third-order valence-corrected chi connectivity index (χ3v) is 2.83. The van der Waals surface area contributed by atoms with E-state index in [9.17, 15) is 14.4 Å². The lowest BCUT2D eigenvalue weighted by atomic mass is 10.3. The van der Waals surface area contributed by atoms with Crippen molar-refractivity contribution in [1.82, 2.24) is 15.1 Å². The molecule has 0 aromatic carbocycles. The monoisotopic (exact) mass is 257 g/mol. The molecule has 0 bridgehead atoms. The first-order valence-corrected chi connectivity index (χ1v) is 5.99. The van der Waals surface area contributed by atoms with Gasteiger partial charge in [0.2, 0.25) is 5.91 Å². The molecule has 0 aromatic rings. The number of rotatable bonds is 3. The van der Waals surface area contributed by atoms with E-state index in [2.05, 4.69) is 5.32 Å². The predicted octanol–water partition coefficient (Wildman–Crippen LogP) is -1.82. The van der Waals surface area contributed by atoms with Crippen molar-refractivity contribution >= 4 is 17.7 Å². The normalized spacial score (nSPS) is 15.4. The molecule has 0 radical (unpaired) electrons. The Morgan fingerprint density at radius 3 is 2.17 bits per heavy atom. The van der Waals surface area contributed by atoms with Crippen LogP contribution in [0, 0.1) is 0 Å². The predicted molar refractivity (Wildman–Crippen MR) is 63.5 cm³/mol. The van der Waals surface area contributed by atoms with Crippen LogP contribution in [-0.4, -0.2) is 72.0 Å². The van der Waals surface area contributed by atoms with Gasteiger partial charge >= 0.3 is 11.8 Å². The fraction of sp³-hybridized carbons (Fsp3) is 0.727. The van der Waals surface area contributed by atoms with E-state index in [4.69, 9.17) is 5.11 Å². The van der Waals surface area contributed by atoms with Crippen LogP contribution in [-0.2, 0) is 14.4 Å². The lowest BCUT2D eigenvalue weighted by molar-refractivity contribution is -0.148. The van der Waals surface area contributed by atoms with Gasteiger partial charge in [0.1, 0.15) is 0 Å². The standard InChI is InChI=1S/C11H19N3O4/c1-9(16)13-4-6-14(7-5-13)11(18)10(17)12-3-2-8-15/h15H,2-8H2,1H3,(H,12,17). The molecule has 0 aromatic heterocycles. The van der Waals surface area contributed by atoms with Gasteiger partial charge < -0.3 is 20.2 Å². The maximum Gasteiger partial charge on any atom is 0.312 e. The third kappa shape index (κ3) is 3.99. The molecule has 1 fully saturated rings. The molecule has 102 valence electrons. The van der Waals surface area contributed by atoms with E-state index in [0.717, 1.165) is 0 Å². The van der Waals surface area contributed by atoms with Crippen LogP contribution in [0.25, 0.3) is 0 Å². The summed E-state index contributed by atoms with van der Waals surface area (Å²) in [5.41, 5.74) is 0. The molecule has 3 amide bonds. The zero-order valence-corrected chi connectivity index (χ0v) is 10.5. The molecule has 0 spiro atoms. The Kier molecular flexibility index (Phi) is 5.57. The van der Waals surface area contributed by atoms with Crippen molar-refractivity contribution in [1.29, 1.82) is 0 Å². The highest BCUT2D eigenvalue weighted by molar-refractivity contribution is 6.35. The first-order valence-electron chi connectivity index (χ1n) is 5.99. The van der Waals surface area contributed by atoms with Crippen molar-refractivity contribution in [3.8, 4) is 0 Å². The molecule has 2 N–H and O–H groups in total. The number of carbonyl (C=O) groups is 3. The maximum atomic E-state index is 11.7. The molecule has 1 aliphatic rings. The summed E-state index contributed by atoms with van der Waals surface area (Å²) in [5, 5.41) is 11.0. The molecule has 7 heteroatoms. The van der Waals surface area contributed by atoms with Gasteiger partial charge in [0.25, 0.3) is 0 Å². The summed E-state index contributed by atoms with van der Waals surface area (Å²) in [6, 6.07) is 0. The summed E-state index contributed by atoms with van der Waals surface area (Å²) in [5.74, 6) is -1.25. The Morgan fingerprint density at radius 2 is 1.67 bits per heavy atom. The van der Waals surface area contributed by atoms with E-state index >= 15 is 0 Å². The van der Waals surface area contributed by atoms with Gasteiger partial charge in [-0.15, -0.1) is 0 Å². The minimum atomic E-state index is -0.653. The summed E-state index contributed by atoms with van der Waals surface area (Å²) in [4.78, 5) is 37.4. The van der Waals surface area contributed by atoms with Crippen LogP contribution in [0.4, 0.5) is 0 Å². The second kappa shape index (κ2) is 6.95. The Balaban J connectivity index is 2.35. The number of hydrogen-bond acceptors (Lipinski definition) is 4. The minimum Gasteiger partial charge on any atom is -0.396 e. The van der Waals surface area contributed by atoms with Gasteiger partial charge in [0, 0.05) is 46.3 Å². The molecule has 18 heavy (non-hydrogen) atoms. The molecule has 1 heterocycles. The summed E-state index contributed by atoms with van der Waals surface area (Å²) < 4.78 is 0. The molecule has 0 atom stereocenters. The second-order valence-electron chi connectivity index (χ2n) is 4.13. The number of piperazine rings is 1. The molecular formula is C11H19N3O4. The molecule has 0 saturated carbocycles. The quantitative estimate of drug-likeness (QED) is 0.460. The van der Waals surface area contributed by atoms with Gasteiger partial charge in [-0.05, 0) is 6.42 Å². The maximum absolute atomic E-state index is 11.7. The average molecular weight is 257 g/mol. The van der Waals surface area contributed by atoms with Crippen LogP contribution in [0.2, 0.25) is 0 Å². The van der Waals surface area contributed by atoms with Crippen LogP contribution in [0.5, 0.6) is 0 Å². The van der Waals surface area contributed by atoms with Gasteiger partial charge in [0.05, 0.1) is 0 Å². The van der Waals surface area contributed by atoms with Gasteiger partial charge in [-0.1, -0.05) is 0 Å². The van der Waals surface area contributed by atoms with Crippen LogP contribution < -0.4 is 5.32 Å². The molecule has 1 rings (SSSR count). The van der Waals surface area contributed by atoms with E-state index in [0.29, 0.717) is 32.6 Å². The van der Waals surface area contributed by atoms with Crippen LogP contribution >= 0.6 is 0 Å². The Hall–Kier alpha value is -1.63. The van der Waals surface area contributed by atoms with Crippen molar-refractivity contribution < 1.29 is 19.5 Å². The van der Waals surface area contributed by atoms with Gasteiger partial charge in [-0.2, -0.15) is 0 Å². The number of nitrogens with one attached hydrogen (secondary N) is 1. The van der Waals surface area contributed by atoms with Gasteiger partial charge in [-0.3, -0.25) is 14.4 Å². The molecular weight excluding hydrogens is 238 g/mol. The number of aliphatic hydroxyl groups is 1. The first kappa shape index (κ1) is 14.4. The number of hydrogen-bond donors (Lipinski definition) is 2. The zero-order chi connectivity index (χ0) is 13.5. The van der Waals surface area contributed by atoms with E-state index in [-0.39, 0.29) is 19.1 Å². The largest absolute Gasteiger partial charge is 0.396 e. The highest BCUT2D eigenvalue weighted by Crippen LogP contribution is 2.02. The highest BCUT2D eigenvalue weighted by atomic mass is 16.3. The third-order valence-electron chi connectivity index (χ3n) is 2.83. The van der Waals surface area contributed by atoms with Crippen LogP contribution in [0.3, 0.4) is 0 Å². The fourth-order valence-electron chi connectivity index (χ4n) is 1.72. The van der Waals surface area contributed by atoms with Crippen molar-refractivity contribution in [2.24, 2.45) is 0 Å². The fourth-order valence-corrected chi connectivity index (χ4v) is 1.72. The van der Waals surface area contributed by atoms with Crippen LogP contribution in [0.15, 0.2) is 0 Å². The summed E-state index contributed by atoms with van der Waals surface area (Å²) in [6.07, 6.45) is 0.428. The Morgan fingerprint density at radius 1 is 1.11 bits per heavy atom. The second-order valence-corrected chi connectivity index (χ2v) is 4.13. The molecule has 1 saturated heterocycles. The van der Waals surface area contributed by atoms with E-state index in [1.807, 2.05) is 0 Å². The lowest BCUT2D eigenvalue weighted by Gasteiger charge is -2.33. The number of nitrogens with zero attached hydrogens (tertiary/aromatic N) is 2. The van der Waals surface area contributed by atoms with Crippen molar-refractivity contribution in [2.45, 2.75) is 13.3 Å². The minimum absolute atomic E-state index is 0.0190. The molecule has 0 unspecified atom stereocenters. The average Bonchev–Trinajstić information content (AvgIpc) is 2.38.